The van der Waals surface area contributed by atoms with E-state index < -0.39 is 0 Å². The smallest absolute Gasteiger partial charge is 0.193 e. The van der Waals surface area contributed by atoms with Crippen LogP contribution in [0.2, 0.25) is 0 Å². The topological polar surface area (TPSA) is 41.8 Å². The van der Waals surface area contributed by atoms with Crippen LogP contribution in [0.5, 0.6) is 0 Å². The second-order valence-corrected chi connectivity index (χ2v) is 8.06. The molecule has 2 atom stereocenters. The van der Waals surface area contributed by atoms with E-state index in [-0.39, 0.29) is 30.1 Å². The summed E-state index contributed by atoms with van der Waals surface area (Å²) in [5.41, 5.74) is 2.50. The number of nitrogens with one attached hydrogen (secondary N) is 1. The lowest BCUT2D eigenvalue weighted by Gasteiger charge is -2.33. The predicted octanol–water partition coefficient (Wildman–Crippen LogP) is 4.58. The summed E-state index contributed by atoms with van der Waals surface area (Å²) in [7, 11) is 5.97. The Bertz CT molecular complexity index is 765. The summed E-state index contributed by atoms with van der Waals surface area (Å²) in [5, 5.41) is 3.56. The second kappa shape index (κ2) is 11.2. The molecule has 2 unspecified atom stereocenters. The van der Waals surface area contributed by atoms with Gasteiger partial charge >= 0.3 is 0 Å². The average molecular weight is 561 g/mol. The van der Waals surface area contributed by atoms with Crippen LogP contribution in [-0.4, -0.2) is 42.7 Å². The zero-order valence-corrected chi connectivity index (χ0v) is 20.7. The standard InChI is InChI=1S/C21H29BrN4O.HI/c1-23-21(26(3)15-19-12-18(22)14-25(19)2)24-13-17-10-7-11-27-20(17)16-8-5-4-6-9-16;/h4-6,8-9,12,14,17,20H,7,10-11,13,15H2,1-3H3,(H,23,24);1H. The van der Waals surface area contributed by atoms with E-state index in [1.807, 2.05) is 7.05 Å². The van der Waals surface area contributed by atoms with Gasteiger partial charge in [0, 0.05) is 56.6 Å². The van der Waals surface area contributed by atoms with E-state index in [0.717, 1.165) is 43.0 Å². The third kappa shape index (κ3) is 5.97. The number of halogens is 2. The van der Waals surface area contributed by atoms with Gasteiger partial charge in [-0.25, -0.2) is 0 Å². The summed E-state index contributed by atoms with van der Waals surface area (Å²) < 4.78 is 9.35. The van der Waals surface area contributed by atoms with Crippen LogP contribution in [0, 0.1) is 5.92 Å². The van der Waals surface area contributed by atoms with Crippen molar-refractivity contribution < 1.29 is 4.74 Å². The Morgan fingerprint density at radius 2 is 2.11 bits per heavy atom. The minimum absolute atomic E-state index is 0. The number of hydrogen-bond acceptors (Lipinski definition) is 2. The van der Waals surface area contributed by atoms with Gasteiger partial charge in [0.15, 0.2) is 5.96 Å². The maximum Gasteiger partial charge on any atom is 0.193 e. The molecule has 1 N–H and O–H groups in total. The fourth-order valence-corrected chi connectivity index (χ4v) is 4.28. The highest BCUT2D eigenvalue weighted by Gasteiger charge is 2.27. The molecule has 5 nitrogen and oxygen atoms in total. The molecule has 1 saturated heterocycles. The van der Waals surface area contributed by atoms with Gasteiger partial charge in [0.25, 0.3) is 0 Å². The number of ether oxygens (including phenoxy) is 1. The Balaban J connectivity index is 0.00000280. The van der Waals surface area contributed by atoms with Crippen LogP contribution in [0.15, 0.2) is 52.1 Å². The first kappa shape index (κ1) is 23.2. The lowest BCUT2D eigenvalue weighted by molar-refractivity contribution is -0.0266. The number of aliphatic imine (C=N–C) groups is 1. The van der Waals surface area contributed by atoms with Crippen LogP contribution in [0.25, 0.3) is 0 Å². The molecule has 1 aliphatic heterocycles. The van der Waals surface area contributed by atoms with Crippen LogP contribution >= 0.6 is 39.9 Å². The molecule has 0 saturated carbocycles. The van der Waals surface area contributed by atoms with Gasteiger partial charge < -0.3 is 19.5 Å². The molecule has 1 aromatic heterocycles. The molecule has 1 fully saturated rings. The second-order valence-electron chi connectivity index (χ2n) is 7.15. The van der Waals surface area contributed by atoms with E-state index in [2.05, 4.69) is 92.4 Å². The molecule has 0 bridgehead atoms. The first-order valence-corrected chi connectivity index (χ1v) is 10.3. The summed E-state index contributed by atoms with van der Waals surface area (Å²) >= 11 is 3.54. The number of rotatable bonds is 5. The Labute approximate surface area is 193 Å². The normalized spacial score (nSPS) is 19.8. The first-order chi connectivity index (χ1) is 13.1. The molecule has 28 heavy (non-hydrogen) atoms. The monoisotopic (exact) mass is 560 g/mol. The molecule has 0 radical (unpaired) electrons. The molecular formula is C21H30BrIN4O. The molecule has 0 amide bonds. The predicted molar refractivity (Wildman–Crippen MR) is 129 cm³/mol. The first-order valence-electron chi connectivity index (χ1n) is 9.47. The van der Waals surface area contributed by atoms with Gasteiger partial charge in [0.2, 0.25) is 0 Å². The van der Waals surface area contributed by atoms with E-state index >= 15 is 0 Å². The van der Waals surface area contributed by atoms with Crippen molar-refractivity contribution in [2.24, 2.45) is 18.0 Å². The molecule has 2 heterocycles. The highest BCUT2D eigenvalue weighted by molar-refractivity contribution is 14.0. The summed E-state index contributed by atoms with van der Waals surface area (Å²) in [6.45, 7) is 2.49. The Hall–Kier alpha value is -1.06. The lowest BCUT2D eigenvalue weighted by atomic mass is 9.89. The highest BCUT2D eigenvalue weighted by Crippen LogP contribution is 2.33. The number of nitrogens with zero attached hydrogens (tertiary/aromatic N) is 3. The van der Waals surface area contributed by atoms with Crippen LogP contribution in [0.1, 0.15) is 30.2 Å². The van der Waals surface area contributed by atoms with Crippen molar-refractivity contribution in [2.45, 2.75) is 25.5 Å². The maximum absolute atomic E-state index is 6.12. The van der Waals surface area contributed by atoms with E-state index in [0.29, 0.717) is 5.92 Å². The molecular weight excluding hydrogens is 531 g/mol. The average Bonchev–Trinajstić information content (AvgIpc) is 3.00. The van der Waals surface area contributed by atoms with Crippen LogP contribution < -0.4 is 5.32 Å². The van der Waals surface area contributed by atoms with Gasteiger partial charge in [-0.2, -0.15) is 0 Å². The lowest BCUT2D eigenvalue weighted by Crippen LogP contribution is -2.42. The minimum atomic E-state index is 0. The Morgan fingerprint density at radius 3 is 2.75 bits per heavy atom. The summed E-state index contributed by atoms with van der Waals surface area (Å²) in [6.07, 6.45) is 4.50. The third-order valence-electron chi connectivity index (χ3n) is 5.14. The molecule has 2 aromatic rings. The van der Waals surface area contributed by atoms with Gasteiger partial charge in [-0.3, -0.25) is 4.99 Å². The molecule has 3 rings (SSSR count). The van der Waals surface area contributed by atoms with Crippen molar-refractivity contribution in [3.63, 3.8) is 0 Å². The number of guanidine groups is 1. The molecule has 0 aliphatic carbocycles. The van der Waals surface area contributed by atoms with Crippen molar-refractivity contribution in [1.82, 2.24) is 14.8 Å². The van der Waals surface area contributed by atoms with E-state index in [1.54, 1.807) is 0 Å². The van der Waals surface area contributed by atoms with Gasteiger partial charge in [0.1, 0.15) is 0 Å². The number of aromatic nitrogens is 1. The summed E-state index contributed by atoms with van der Waals surface area (Å²) in [5.74, 6) is 1.35. The Morgan fingerprint density at radius 1 is 1.36 bits per heavy atom. The molecule has 0 spiro atoms. The molecule has 7 heteroatoms. The maximum atomic E-state index is 6.12. The molecule has 1 aliphatic rings. The highest BCUT2D eigenvalue weighted by atomic mass is 127. The zero-order chi connectivity index (χ0) is 19.2. The quantitative estimate of drug-likeness (QED) is 0.331. The summed E-state index contributed by atoms with van der Waals surface area (Å²) in [4.78, 5) is 6.63. The van der Waals surface area contributed by atoms with Crippen molar-refractivity contribution in [1.29, 1.82) is 0 Å². The van der Waals surface area contributed by atoms with Gasteiger partial charge in [-0.15, -0.1) is 24.0 Å². The largest absolute Gasteiger partial charge is 0.373 e. The fourth-order valence-electron chi connectivity index (χ4n) is 3.71. The summed E-state index contributed by atoms with van der Waals surface area (Å²) in [6, 6.07) is 12.7. The Kier molecular flexibility index (Phi) is 9.30. The number of hydrogen-bond donors (Lipinski definition) is 1. The molecule has 1 aromatic carbocycles. The van der Waals surface area contributed by atoms with Gasteiger partial charge in [0.05, 0.1) is 12.6 Å². The van der Waals surface area contributed by atoms with Crippen LogP contribution in [0.4, 0.5) is 0 Å². The van der Waals surface area contributed by atoms with Crippen LogP contribution in [0.3, 0.4) is 0 Å². The van der Waals surface area contributed by atoms with Gasteiger partial charge in [-0.05, 0) is 40.4 Å². The fraction of sp³-hybridized carbons (Fsp3) is 0.476. The SMILES string of the molecule is CN=C(NCC1CCCOC1c1ccccc1)N(C)Cc1cc(Br)cn1C.I. The van der Waals surface area contributed by atoms with Crippen molar-refractivity contribution in [3.8, 4) is 0 Å². The molecule has 154 valence electrons. The van der Waals surface area contributed by atoms with Crippen molar-refractivity contribution >= 4 is 45.9 Å². The van der Waals surface area contributed by atoms with Crippen molar-refractivity contribution in [3.05, 3.63) is 58.3 Å². The zero-order valence-electron chi connectivity index (χ0n) is 16.8. The van der Waals surface area contributed by atoms with Crippen molar-refractivity contribution in [2.75, 3.05) is 27.2 Å². The van der Waals surface area contributed by atoms with E-state index in [4.69, 9.17) is 4.74 Å². The number of benzene rings is 1. The minimum Gasteiger partial charge on any atom is -0.373 e. The van der Waals surface area contributed by atoms with Crippen LogP contribution in [-0.2, 0) is 18.3 Å². The third-order valence-corrected chi connectivity index (χ3v) is 5.58. The van der Waals surface area contributed by atoms with Gasteiger partial charge in [-0.1, -0.05) is 30.3 Å². The van der Waals surface area contributed by atoms with E-state index in [1.165, 1.54) is 11.3 Å². The van der Waals surface area contributed by atoms with E-state index in [9.17, 15) is 0 Å². The number of aryl methyl sites for hydroxylation is 1.